The van der Waals surface area contributed by atoms with Gasteiger partial charge in [-0.15, -0.1) is 0 Å². The number of hydrogen-bond donors (Lipinski definition) is 1. The predicted molar refractivity (Wildman–Crippen MR) is 69.0 cm³/mol. The van der Waals surface area contributed by atoms with Gasteiger partial charge in [0, 0.05) is 6.04 Å². The van der Waals surface area contributed by atoms with E-state index < -0.39 is 0 Å². The Morgan fingerprint density at radius 2 is 2.12 bits per heavy atom. The summed E-state index contributed by atoms with van der Waals surface area (Å²) in [6.07, 6.45) is 0.370. The number of benzene rings is 1. The van der Waals surface area contributed by atoms with Crippen LogP contribution in [0, 0.1) is 13.8 Å². The summed E-state index contributed by atoms with van der Waals surface area (Å²) >= 11 is 0. The van der Waals surface area contributed by atoms with Crippen LogP contribution >= 0.6 is 0 Å². The fourth-order valence-corrected chi connectivity index (χ4v) is 1.91. The highest BCUT2D eigenvalue weighted by Crippen LogP contribution is 2.23. The lowest BCUT2D eigenvalue weighted by Gasteiger charge is -2.19. The van der Waals surface area contributed by atoms with Crippen molar-refractivity contribution >= 4 is 5.97 Å². The third kappa shape index (κ3) is 3.56. The molecule has 1 aromatic carbocycles. The molecule has 0 saturated carbocycles. The van der Waals surface area contributed by atoms with E-state index in [4.69, 9.17) is 4.74 Å². The van der Waals surface area contributed by atoms with E-state index in [2.05, 4.69) is 31.3 Å². The Morgan fingerprint density at radius 1 is 1.41 bits per heavy atom. The highest BCUT2D eigenvalue weighted by Gasteiger charge is 2.17. The smallest absolute Gasteiger partial charge is 0.307 e. The third-order valence-electron chi connectivity index (χ3n) is 3.05. The second-order valence-corrected chi connectivity index (χ2v) is 4.14. The van der Waals surface area contributed by atoms with Crippen molar-refractivity contribution in [1.82, 2.24) is 5.32 Å². The van der Waals surface area contributed by atoms with E-state index in [-0.39, 0.29) is 12.0 Å². The van der Waals surface area contributed by atoms with Crippen LogP contribution in [0.15, 0.2) is 18.2 Å². The van der Waals surface area contributed by atoms with Crippen LogP contribution in [-0.4, -0.2) is 19.6 Å². The second kappa shape index (κ2) is 6.40. The number of aryl methyl sites for hydroxylation is 1. The third-order valence-corrected chi connectivity index (χ3v) is 3.05. The van der Waals surface area contributed by atoms with Crippen LogP contribution in [-0.2, 0) is 9.53 Å². The van der Waals surface area contributed by atoms with Crippen LogP contribution in [0.5, 0.6) is 0 Å². The summed E-state index contributed by atoms with van der Waals surface area (Å²) in [5, 5.41) is 3.17. The molecule has 1 N–H and O–H groups in total. The summed E-state index contributed by atoms with van der Waals surface area (Å²) in [5.41, 5.74) is 3.64. The molecule has 3 heteroatoms. The van der Waals surface area contributed by atoms with E-state index in [1.54, 1.807) is 0 Å². The molecule has 0 aliphatic heterocycles. The summed E-state index contributed by atoms with van der Waals surface area (Å²) in [6.45, 7) is 6.42. The Morgan fingerprint density at radius 3 is 2.71 bits per heavy atom. The number of ether oxygens (including phenoxy) is 1. The van der Waals surface area contributed by atoms with Crippen LogP contribution in [0.3, 0.4) is 0 Å². The second-order valence-electron chi connectivity index (χ2n) is 4.14. The molecule has 0 saturated heterocycles. The van der Waals surface area contributed by atoms with Gasteiger partial charge in [-0.05, 0) is 44.5 Å². The van der Waals surface area contributed by atoms with Crippen LogP contribution in [0.2, 0.25) is 0 Å². The molecular weight excluding hydrogens is 214 g/mol. The molecule has 0 bridgehead atoms. The molecule has 1 atom stereocenters. The lowest BCUT2D eigenvalue weighted by Crippen LogP contribution is -2.22. The molecule has 1 unspecified atom stereocenters. The fourth-order valence-electron chi connectivity index (χ4n) is 1.91. The normalized spacial score (nSPS) is 12.2. The number of hydrogen-bond acceptors (Lipinski definition) is 3. The molecule has 0 aliphatic rings. The lowest BCUT2D eigenvalue weighted by molar-refractivity contribution is -0.143. The van der Waals surface area contributed by atoms with Gasteiger partial charge in [0.15, 0.2) is 0 Å². The topological polar surface area (TPSA) is 38.3 Å². The molecule has 94 valence electrons. The van der Waals surface area contributed by atoms with Crippen LogP contribution < -0.4 is 5.32 Å². The van der Waals surface area contributed by atoms with Gasteiger partial charge in [0.2, 0.25) is 0 Å². The number of nitrogens with one attached hydrogen (secondary N) is 1. The van der Waals surface area contributed by atoms with Gasteiger partial charge in [0.25, 0.3) is 0 Å². The minimum Gasteiger partial charge on any atom is -0.466 e. The maximum absolute atomic E-state index is 11.5. The molecule has 0 aromatic heterocycles. The van der Waals surface area contributed by atoms with Crippen molar-refractivity contribution in [3.63, 3.8) is 0 Å². The van der Waals surface area contributed by atoms with Crippen molar-refractivity contribution in [2.45, 2.75) is 33.2 Å². The molecule has 0 heterocycles. The van der Waals surface area contributed by atoms with Crippen molar-refractivity contribution in [3.8, 4) is 0 Å². The lowest BCUT2D eigenvalue weighted by atomic mass is 9.96. The maximum atomic E-state index is 11.5. The van der Waals surface area contributed by atoms with Crippen molar-refractivity contribution < 1.29 is 9.53 Å². The quantitative estimate of drug-likeness (QED) is 0.797. The van der Waals surface area contributed by atoms with Gasteiger partial charge >= 0.3 is 5.97 Å². The van der Waals surface area contributed by atoms with Crippen molar-refractivity contribution in [2.24, 2.45) is 0 Å². The molecule has 0 radical (unpaired) electrons. The van der Waals surface area contributed by atoms with Crippen LogP contribution in [0.25, 0.3) is 0 Å². The first-order valence-electron chi connectivity index (χ1n) is 5.99. The van der Waals surface area contributed by atoms with Gasteiger partial charge in [0.05, 0.1) is 13.0 Å². The van der Waals surface area contributed by atoms with Crippen LogP contribution in [0.1, 0.15) is 36.1 Å². The Hall–Kier alpha value is -1.35. The Bertz CT molecular complexity index is 388. The maximum Gasteiger partial charge on any atom is 0.307 e. The molecule has 0 aliphatic carbocycles. The largest absolute Gasteiger partial charge is 0.466 e. The highest BCUT2D eigenvalue weighted by molar-refractivity contribution is 5.70. The molecule has 3 nitrogen and oxygen atoms in total. The molecule has 0 fully saturated rings. The average molecular weight is 235 g/mol. The zero-order valence-corrected chi connectivity index (χ0v) is 11.0. The number of esters is 1. The van der Waals surface area contributed by atoms with E-state index >= 15 is 0 Å². The monoisotopic (exact) mass is 235 g/mol. The highest BCUT2D eigenvalue weighted by atomic mass is 16.5. The van der Waals surface area contributed by atoms with Crippen molar-refractivity contribution in [3.05, 3.63) is 34.9 Å². The molecule has 1 rings (SSSR count). The summed E-state index contributed by atoms with van der Waals surface area (Å²) in [6, 6.07) is 6.18. The molecule has 17 heavy (non-hydrogen) atoms. The van der Waals surface area contributed by atoms with Gasteiger partial charge in [-0.3, -0.25) is 4.79 Å². The first-order valence-corrected chi connectivity index (χ1v) is 5.99. The van der Waals surface area contributed by atoms with Gasteiger partial charge in [0.1, 0.15) is 0 Å². The minimum atomic E-state index is -0.159. The Labute approximate surface area is 103 Å². The standard InChI is InChI=1S/C14H21NO2/c1-5-17-14(16)9-13(15-4)12-8-6-7-10(2)11(12)3/h6-8,13,15H,5,9H2,1-4H3. The first kappa shape index (κ1) is 13.7. The number of carbonyl (C=O) groups excluding carboxylic acids is 1. The number of carbonyl (C=O) groups is 1. The van der Waals surface area contributed by atoms with Crippen molar-refractivity contribution in [2.75, 3.05) is 13.7 Å². The van der Waals surface area contributed by atoms with Crippen LogP contribution in [0.4, 0.5) is 0 Å². The molecule has 0 spiro atoms. The summed E-state index contributed by atoms with van der Waals surface area (Å²) in [4.78, 5) is 11.5. The molecular formula is C14H21NO2. The minimum absolute atomic E-state index is 0.0222. The summed E-state index contributed by atoms with van der Waals surface area (Å²) in [7, 11) is 1.87. The van der Waals surface area contributed by atoms with Gasteiger partial charge in [-0.2, -0.15) is 0 Å². The first-order chi connectivity index (χ1) is 8.10. The van der Waals surface area contributed by atoms with Crippen molar-refractivity contribution in [1.29, 1.82) is 0 Å². The van der Waals surface area contributed by atoms with Gasteiger partial charge in [-0.25, -0.2) is 0 Å². The van der Waals surface area contributed by atoms with Gasteiger partial charge in [-0.1, -0.05) is 18.2 Å². The van der Waals surface area contributed by atoms with E-state index in [0.29, 0.717) is 13.0 Å². The number of rotatable bonds is 5. The van der Waals surface area contributed by atoms with E-state index in [1.165, 1.54) is 16.7 Å². The van der Waals surface area contributed by atoms with E-state index in [9.17, 15) is 4.79 Å². The SMILES string of the molecule is CCOC(=O)CC(NC)c1cccc(C)c1C. The zero-order chi connectivity index (χ0) is 12.8. The predicted octanol–water partition coefficient (Wildman–Crippen LogP) is 2.52. The average Bonchev–Trinajstić information content (AvgIpc) is 2.30. The molecule has 1 aromatic rings. The Balaban J connectivity index is 2.86. The Kier molecular flexibility index (Phi) is 5.16. The van der Waals surface area contributed by atoms with Gasteiger partial charge < -0.3 is 10.1 Å². The fraction of sp³-hybridized carbons (Fsp3) is 0.500. The van der Waals surface area contributed by atoms with E-state index in [1.807, 2.05) is 20.0 Å². The molecule has 0 amide bonds. The zero-order valence-electron chi connectivity index (χ0n) is 11.0. The van der Waals surface area contributed by atoms with E-state index in [0.717, 1.165) is 0 Å². The summed E-state index contributed by atoms with van der Waals surface area (Å²) < 4.78 is 4.99. The summed E-state index contributed by atoms with van der Waals surface area (Å²) in [5.74, 6) is -0.159.